The molecule has 1 aromatic carbocycles. The van der Waals surface area contributed by atoms with Gasteiger partial charge in [-0.2, -0.15) is 4.90 Å². The van der Waals surface area contributed by atoms with Crippen LogP contribution in [0.1, 0.15) is 60.1 Å². The van der Waals surface area contributed by atoms with E-state index in [1.54, 1.807) is 46.8 Å². The molecule has 0 saturated carbocycles. The van der Waals surface area contributed by atoms with Crippen LogP contribution >= 0.6 is 0 Å². The van der Waals surface area contributed by atoms with Gasteiger partial charge in [-0.15, -0.1) is 6.42 Å². The molecule has 2 aromatic rings. The number of imide groups is 1. The largest absolute Gasteiger partial charge is 0.449 e. The maximum atomic E-state index is 12.9. The van der Waals surface area contributed by atoms with Crippen LogP contribution in [0.3, 0.4) is 0 Å². The summed E-state index contributed by atoms with van der Waals surface area (Å²) in [7, 11) is -3.43. The highest BCUT2D eigenvalue weighted by atomic mass is 32.2. The van der Waals surface area contributed by atoms with Crippen LogP contribution in [0.4, 0.5) is 15.4 Å². The number of ether oxygens (including phenoxy) is 2. The second kappa shape index (κ2) is 11.3. The number of aromatic nitrogens is 2. The van der Waals surface area contributed by atoms with Crippen molar-refractivity contribution in [1.29, 1.82) is 0 Å². The van der Waals surface area contributed by atoms with E-state index in [2.05, 4.69) is 15.9 Å². The second-order valence-corrected chi connectivity index (χ2v) is 11.5. The Labute approximate surface area is 206 Å². The van der Waals surface area contributed by atoms with Gasteiger partial charge in [-0.1, -0.05) is 25.5 Å². The first-order valence-electron chi connectivity index (χ1n) is 11.2. The normalized spacial score (nSPS) is 11.6. The van der Waals surface area contributed by atoms with Gasteiger partial charge in [0.2, 0.25) is 0 Å². The number of amides is 2. The number of unbranched alkanes of at least 4 members (excludes halogenated alkanes) is 1. The lowest BCUT2D eigenvalue weighted by atomic mass is 10.1. The summed E-state index contributed by atoms with van der Waals surface area (Å²) in [6.07, 6.45) is 6.40. The zero-order chi connectivity index (χ0) is 26.4. The number of terminal acetylenes is 1. The Morgan fingerprint density at radius 3 is 2.29 bits per heavy atom. The predicted molar refractivity (Wildman–Crippen MR) is 133 cm³/mol. The maximum absolute atomic E-state index is 12.9. The predicted octanol–water partition coefficient (Wildman–Crippen LogP) is 4.99. The van der Waals surface area contributed by atoms with Crippen LogP contribution in [-0.2, 0) is 19.3 Å². The number of carbonyl (C=O) groups excluding carboxylic acids is 2. The molecule has 9 nitrogen and oxygen atoms in total. The molecule has 0 aliphatic heterocycles. The Morgan fingerprint density at radius 1 is 1.14 bits per heavy atom. The van der Waals surface area contributed by atoms with Crippen molar-refractivity contribution in [2.75, 3.05) is 11.5 Å². The molecule has 0 radical (unpaired) electrons. The monoisotopic (exact) mass is 501 g/mol. The highest BCUT2D eigenvalue weighted by molar-refractivity contribution is 7.92. The van der Waals surface area contributed by atoms with Crippen molar-refractivity contribution >= 4 is 27.8 Å². The lowest BCUT2D eigenvalue weighted by Gasteiger charge is -2.25. The minimum absolute atomic E-state index is 0.0836. The van der Waals surface area contributed by atoms with E-state index in [-0.39, 0.29) is 23.0 Å². The van der Waals surface area contributed by atoms with Gasteiger partial charge in [0.15, 0.2) is 21.3 Å². The number of carbonyl (C=O) groups is 2. The van der Waals surface area contributed by atoms with Crippen LogP contribution in [0, 0.1) is 12.3 Å². The van der Waals surface area contributed by atoms with E-state index in [9.17, 15) is 18.0 Å². The van der Waals surface area contributed by atoms with E-state index < -0.39 is 32.9 Å². The van der Waals surface area contributed by atoms with Crippen LogP contribution in [0.25, 0.3) is 11.3 Å². The molecule has 0 aliphatic rings. The van der Waals surface area contributed by atoms with Gasteiger partial charge >= 0.3 is 12.2 Å². The van der Waals surface area contributed by atoms with Crippen molar-refractivity contribution in [3.8, 4) is 23.6 Å². The Hall–Kier alpha value is -3.45. The first-order valence-corrected chi connectivity index (χ1v) is 12.7. The Kier molecular flexibility index (Phi) is 8.99. The number of sulfone groups is 1. The minimum atomic E-state index is -3.43. The summed E-state index contributed by atoms with van der Waals surface area (Å²) in [4.78, 5) is 35.0. The SMILES string of the molecule is C#Cc1nc(-c2ccc(S(=O)(=O)C(C)C)cc2)cnc1N(C(=O)OCCCC)C(=O)OC(C)(C)C. The summed E-state index contributed by atoms with van der Waals surface area (Å²) in [6.45, 7) is 10.2. The molecule has 10 heteroatoms. The standard InChI is InChI=1S/C25H31N3O6S/c1-8-10-15-33-23(29)28(24(30)34-25(5,6)7)22-20(9-2)27-21(16-26-22)18-11-13-19(14-12-18)35(31,32)17(3)4/h2,11-14,16-17H,8,10,15H2,1,3-7H3. The zero-order valence-electron chi connectivity index (χ0n) is 20.9. The zero-order valence-corrected chi connectivity index (χ0v) is 21.7. The van der Waals surface area contributed by atoms with Crippen molar-refractivity contribution in [3.05, 3.63) is 36.2 Å². The average molecular weight is 502 g/mol. The summed E-state index contributed by atoms with van der Waals surface area (Å²) in [6, 6.07) is 6.13. The summed E-state index contributed by atoms with van der Waals surface area (Å²) >= 11 is 0. The third-order valence-corrected chi connectivity index (χ3v) is 6.85. The van der Waals surface area contributed by atoms with E-state index in [4.69, 9.17) is 15.9 Å². The number of hydrogen-bond donors (Lipinski definition) is 0. The van der Waals surface area contributed by atoms with Crippen LogP contribution in [0.15, 0.2) is 35.4 Å². The van der Waals surface area contributed by atoms with Crippen LogP contribution in [-0.4, -0.2) is 48.0 Å². The number of nitrogens with zero attached hydrogens (tertiary/aromatic N) is 3. The van der Waals surface area contributed by atoms with Crippen LogP contribution in [0.5, 0.6) is 0 Å². The summed E-state index contributed by atoms with van der Waals surface area (Å²) in [5, 5.41) is -0.559. The fourth-order valence-corrected chi connectivity index (χ4v) is 3.85. The Morgan fingerprint density at radius 2 is 1.77 bits per heavy atom. The molecule has 1 aromatic heterocycles. The van der Waals surface area contributed by atoms with Crippen LogP contribution in [0.2, 0.25) is 0 Å². The molecule has 35 heavy (non-hydrogen) atoms. The highest BCUT2D eigenvalue weighted by Crippen LogP contribution is 2.26. The number of rotatable bonds is 7. The average Bonchev–Trinajstić information content (AvgIpc) is 2.78. The van der Waals surface area contributed by atoms with E-state index in [0.717, 1.165) is 6.42 Å². The Balaban J connectivity index is 2.47. The molecule has 0 N–H and O–H groups in total. The molecule has 2 rings (SSSR count). The number of hydrogen-bond acceptors (Lipinski definition) is 8. The lowest BCUT2D eigenvalue weighted by Crippen LogP contribution is -2.42. The summed E-state index contributed by atoms with van der Waals surface area (Å²) in [5.74, 6) is 2.15. The van der Waals surface area contributed by atoms with Gasteiger partial charge in [-0.25, -0.2) is 28.0 Å². The van der Waals surface area contributed by atoms with E-state index in [1.807, 2.05) is 6.92 Å². The number of benzene rings is 1. The Bertz CT molecular complexity index is 1210. The van der Waals surface area contributed by atoms with Crippen LogP contribution < -0.4 is 4.90 Å². The van der Waals surface area contributed by atoms with Crippen molar-refractivity contribution in [2.45, 2.75) is 70.1 Å². The molecule has 0 spiro atoms. The van der Waals surface area contributed by atoms with Crippen molar-refractivity contribution in [2.24, 2.45) is 0 Å². The van der Waals surface area contributed by atoms with Gasteiger partial charge in [0.05, 0.1) is 28.6 Å². The van der Waals surface area contributed by atoms with Gasteiger partial charge in [-0.05, 0) is 59.1 Å². The van der Waals surface area contributed by atoms with E-state index >= 15 is 0 Å². The highest BCUT2D eigenvalue weighted by Gasteiger charge is 2.33. The van der Waals surface area contributed by atoms with Gasteiger partial charge in [0, 0.05) is 5.56 Å². The maximum Gasteiger partial charge on any atom is 0.425 e. The fraction of sp³-hybridized carbons (Fsp3) is 0.440. The van der Waals surface area contributed by atoms with Crippen molar-refractivity contribution in [3.63, 3.8) is 0 Å². The third kappa shape index (κ3) is 7.02. The summed E-state index contributed by atoms with van der Waals surface area (Å²) < 4.78 is 35.3. The molecular formula is C25H31N3O6S. The molecule has 0 atom stereocenters. The second-order valence-electron chi connectivity index (χ2n) is 8.97. The van der Waals surface area contributed by atoms with Gasteiger partial charge in [0.25, 0.3) is 0 Å². The molecular weight excluding hydrogens is 470 g/mol. The quantitative estimate of drug-likeness (QED) is 0.385. The molecule has 0 bridgehead atoms. The molecule has 0 unspecified atom stereocenters. The molecule has 188 valence electrons. The van der Waals surface area contributed by atoms with E-state index in [1.165, 1.54) is 18.3 Å². The molecule has 1 heterocycles. The van der Waals surface area contributed by atoms with Crippen molar-refractivity contribution in [1.82, 2.24) is 9.97 Å². The molecule has 0 aliphatic carbocycles. The van der Waals surface area contributed by atoms with E-state index in [0.29, 0.717) is 22.6 Å². The first kappa shape index (κ1) is 27.8. The van der Waals surface area contributed by atoms with Gasteiger partial charge in [0.1, 0.15) is 5.60 Å². The first-order chi connectivity index (χ1) is 16.3. The topological polar surface area (TPSA) is 116 Å². The number of anilines is 1. The van der Waals surface area contributed by atoms with Crippen molar-refractivity contribution < 1.29 is 27.5 Å². The van der Waals surface area contributed by atoms with Gasteiger partial charge < -0.3 is 9.47 Å². The van der Waals surface area contributed by atoms with Gasteiger partial charge in [-0.3, -0.25) is 0 Å². The molecule has 2 amide bonds. The summed E-state index contributed by atoms with van der Waals surface area (Å²) in [5.41, 5.74) is -0.0863. The fourth-order valence-electron chi connectivity index (χ4n) is 2.79. The third-order valence-electron chi connectivity index (χ3n) is 4.68. The smallest absolute Gasteiger partial charge is 0.425 e. The molecule has 0 saturated heterocycles. The molecule has 0 fully saturated rings. The minimum Gasteiger partial charge on any atom is -0.449 e. The lowest BCUT2D eigenvalue weighted by molar-refractivity contribution is 0.0566.